The van der Waals surface area contributed by atoms with Crippen molar-refractivity contribution in [3.63, 3.8) is 0 Å². The number of aliphatic hydroxyl groups excluding tert-OH is 1. The summed E-state index contributed by atoms with van der Waals surface area (Å²) in [5.41, 5.74) is 2.40. The Hall–Kier alpha value is -1.77. The van der Waals surface area contributed by atoms with Crippen LogP contribution in [0.2, 0.25) is 0 Å². The Labute approximate surface area is 160 Å². The molecule has 1 saturated heterocycles. The van der Waals surface area contributed by atoms with Crippen molar-refractivity contribution < 1.29 is 5.11 Å². The predicted molar refractivity (Wildman–Crippen MR) is 102 cm³/mol. The van der Waals surface area contributed by atoms with Crippen LogP contribution in [0.25, 0.3) is 0 Å². The Morgan fingerprint density at radius 1 is 1.26 bits per heavy atom. The van der Waals surface area contributed by atoms with E-state index >= 15 is 0 Å². The molecule has 2 aromatic heterocycles. The summed E-state index contributed by atoms with van der Waals surface area (Å²) >= 11 is 0. The molecule has 0 unspecified atom stereocenters. The molecular weight excluding hydrogens is 342 g/mol. The Bertz CT molecular complexity index is 796. The third-order valence-electron chi connectivity index (χ3n) is 5.91. The van der Waals surface area contributed by atoms with Crippen LogP contribution in [-0.4, -0.2) is 64.7 Å². The maximum absolute atomic E-state index is 10.2. The zero-order valence-electron chi connectivity index (χ0n) is 16.8. The van der Waals surface area contributed by atoms with Crippen LogP contribution in [0.3, 0.4) is 0 Å². The number of nitrogens with zero attached hydrogens (tertiary/aromatic N) is 7. The second-order valence-corrected chi connectivity index (χ2v) is 8.13. The molecule has 1 N–H and O–H groups in total. The van der Waals surface area contributed by atoms with Gasteiger partial charge in [-0.1, -0.05) is 0 Å². The van der Waals surface area contributed by atoms with Gasteiger partial charge in [-0.3, -0.25) is 14.5 Å². The number of aliphatic hydroxyl groups is 1. The highest BCUT2D eigenvalue weighted by Crippen LogP contribution is 2.34. The van der Waals surface area contributed by atoms with E-state index in [1.165, 1.54) is 5.56 Å². The minimum atomic E-state index is -0.275. The molecule has 4 rings (SSSR count). The highest BCUT2D eigenvalue weighted by molar-refractivity contribution is 5.16. The molecule has 2 aromatic rings. The third-order valence-corrected chi connectivity index (χ3v) is 5.91. The van der Waals surface area contributed by atoms with Gasteiger partial charge in [0, 0.05) is 50.5 Å². The van der Waals surface area contributed by atoms with Crippen LogP contribution in [0, 0.1) is 6.92 Å². The topological polar surface area (TPSA) is 75.2 Å². The SMILES string of the molecule is CCn1cc(CN2CCn3c(nnc3[C@@H]3C[C@H](O)CN3C(C)C)C2)c(C)n1. The smallest absolute Gasteiger partial charge is 0.150 e. The van der Waals surface area contributed by atoms with Gasteiger partial charge >= 0.3 is 0 Å². The predicted octanol–water partition coefficient (Wildman–Crippen LogP) is 1.33. The lowest BCUT2D eigenvalue weighted by Gasteiger charge is -2.31. The van der Waals surface area contributed by atoms with Crippen LogP contribution in [0.1, 0.15) is 56.1 Å². The van der Waals surface area contributed by atoms with Gasteiger partial charge < -0.3 is 9.67 Å². The molecule has 8 nitrogen and oxygen atoms in total. The van der Waals surface area contributed by atoms with Gasteiger partial charge in [-0.2, -0.15) is 5.10 Å². The summed E-state index contributed by atoms with van der Waals surface area (Å²) in [6, 6.07) is 0.552. The van der Waals surface area contributed by atoms with E-state index in [4.69, 9.17) is 0 Å². The number of hydrogen-bond acceptors (Lipinski definition) is 6. The fraction of sp³-hybridized carbons (Fsp3) is 0.737. The molecule has 2 aliphatic heterocycles. The van der Waals surface area contributed by atoms with Crippen molar-refractivity contribution in [3.05, 3.63) is 29.1 Å². The van der Waals surface area contributed by atoms with Gasteiger partial charge in [0.15, 0.2) is 5.82 Å². The lowest BCUT2D eigenvalue weighted by molar-refractivity contribution is 0.155. The third kappa shape index (κ3) is 3.53. The van der Waals surface area contributed by atoms with E-state index in [0.29, 0.717) is 6.04 Å². The number of fused-ring (bicyclic) bond motifs is 1. The minimum Gasteiger partial charge on any atom is -0.392 e. The van der Waals surface area contributed by atoms with E-state index < -0.39 is 0 Å². The average Bonchev–Trinajstić information content (AvgIpc) is 3.31. The van der Waals surface area contributed by atoms with E-state index in [9.17, 15) is 5.11 Å². The Balaban J connectivity index is 1.49. The molecule has 148 valence electrons. The van der Waals surface area contributed by atoms with Crippen LogP contribution in [-0.2, 0) is 26.2 Å². The molecule has 0 radical (unpaired) electrons. The van der Waals surface area contributed by atoms with Gasteiger partial charge in [-0.15, -0.1) is 10.2 Å². The monoisotopic (exact) mass is 373 g/mol. The molecule has 0 amide bonds. The van der Waals surface area contributed by atoms with Gasteiger partial charge in [0.1, 0.15) is 5.82 Å². The van der Waals surface area contributed by atoms with Crippen molar-refractivity contribution >= 4 is 0 Å². The summed E-state index contributed by atoms with van der Waals surface area (Å²) in [7, 11) is 0. The number of aryl methyl sites for hydroxylation is 2. The summed E-state index contributed by atoms with van der Waals surface area (Å²) in [6.45, 7) is 13.8. The van der Waals surface area contributed by atoms with Crippen molar-refractivity contribution in [2.75, 3.05) is 13.1 Å². The molecule has 0 spiro atoms. The Kier molecular flexibility index (Phi) is 5.05. The van der Waals surface area contributed by atoms with E-state index in [-0.39, 0.29) is 12.1 Å². The zero-order valence-corrected chi connectivity index (χ0v) is 16.8. The number of likely N-dealkylation sites (tertiary alicyclic amines) is 1. The summed E-state index contributed by atoms with van der Waals surface area (Å²) in [6.07, 6.45) is 2.62. The van der Waals surface area contributed by atoms with E-state index in [2.05, 4.69) is 63.6 Å². The lowest BCUT2D eigenvalue weighted by Crippen LogP contribution is -2.36. The quantitative estimate of drug-likeness (QED) is 0.852. The van der Waals surface area contributed by atoms with Gasteiger partial charge in [-0.25, -0.2) is 0 Å². The van der Waals surface area contributed by atoms with Crippen molar-refractivity contribution in [1.29, 1.82) is 0 Å². The number of β-amino-alcohol motifs (C(OH)–C–C–N with tert-alkyl or cyclic N) is 1. The highest BCUT2D eigenvalue weighted by atomic mass is 16.3. The first-order valence-corrected chi connectivity index (χ1v) is 10.1. The van der Waals surface area contributed by atoms with Crippen molar-refractivity contribution in [2.45, 2.75) is 78.5 Å². The molecule has 0 bridgehead atoms. The van der Waals surface area contributed by atoms with Crippen LogP contribution in [0.4, 0.5) is 0 Å². The van der Waals surface area contributed by atoms with Crippen LogP contribution in [0.15, 0.2) is 6.20 Å². The highest BCUT2D eigenvalue weighted by Gasteiger charge is 2.37. The van der Waals surface area contributed by atoms with Crippen molar-refractivity contribution in [3.8, 4) is 0 Å². The maximum Gasteiger partial charge on any atom is 0.150 e. The molecule has 0 saturated carbocycles. The molecule has 0 aliphatic carbocycles. The van der Waals surface area contributed by atoms with E-state index in [1.807, 2.05) is 4.68 Å². The van der Waals surface area contributed by atoms with Gasteiger partial charge in [0.25, 0.3) is 0 Å². The van der Waals surface area contributed by atoms with E-state index in [1.54, 1.807) is 0 Å². The first-order valence-electron chi connectivity index (χ1n) is 10.1. The fourth-order valence-electron chi connectivity index (χ4n) is 4.39. The molecule has 2 aliphatic rings. The second-order valence-electron chi connectivity index (χ2n) is 8.13. The number of hydrogen-bond donors (Lipinski definition) is 1. The standard InChI is InChI=1S/C19H31N7O/c1-5-24-10-15(14(4)22-24)9-23-6-7-25-18(12-23)20-21-19(25)17-8-16(27)11-26(17)13(2)3/h10,13,16-17,27H,5-9,11-12H2,1-4H3/t16-,17-/m0/s1. The lowest BCUT2D eigenvalue weighted by atomic mass is 10.1. The molecule has 8 heteroatoms. The summed E-state index contributed by atoms with van der Waals surface area (Å²) in [5.74, 6) is 2.05. The molecule has 27 heavy (non-hydrogen) atoms. The molecular formula is C19H31N7O. The maximum atomic E-state index is 10.2. The van der Waals surface area contributed by atoms with Crippen LogP contribution in [0.5, 0.6) is 0 Å². The first kappa shape index (κ1) is 18.6. The van der Waals surface area contributed by atoms with Crippen LogP contribution >= 0.6 is 0 Å². The summed E-state index contributed by atoms with van der Waals surface area (Å²) < 4.78 is 4.28. The molecule has 2 atom stereocenters. The first-order chi connectivity index (χ1) is 13.0. The fourth-order valence-corrected chi connectivity index (χ4v) is 4.39. The molecule has 0 aromatic carbocycles. The van der Waals surface area contributed by atoms with Crippen molar-refractivity contribution in [2.24, 2.45) is 0 Å². The van der Waals surface area contributed by atoms with Gasteiger partial charge in [0.05, 0.1) is 24.4 Å². The summed E-state index contributed by atoms with van der Waals surface area (Å²) in [4.78, 5) is 4.76. The van der Waals surface area contributed by atoms with Gasteiger partial charge in [0.2, 0.25) is 0 Å². The summed E-state index contributed by atoms with van der Waals surface area (Å²) in [5, 5.41) is 23.8. The second kappa shape index (κ2) is 7.33. The number of aromatic nitrogens is 5. The Morgan fingerprint density at radius 3 is 2.78 bits per heavy atom. The molecule has 4 heterocycles. The van der Waals surface area contributed by atoms with Gasteiger partial charge in [-0.05, 0) is 34.1 Å². The minimum absolute atomic E-state index is 0.165. The molecule has 1 fully saturated rings. The van der Waals surface area contributed by atoms with Crippen molar-refractivity contribution in [1.82, 2.24) is 34.3 Å². The number of rotatable bonds is 5. The normalized spacial score (nSPS) is 24.1. The van der Waals surface area contributed by atoms with Crippen LogP contribution < -0.4 is 0 Å². The zero-order chi connectivity index (χ0) is 19.1. The Morgan fingerprint density at radius 2 is 2.07 bits per heavy atom. The largest absolute Gasteiger partial charge is 0.392 e. The average molecular weight is 374 g/mol. The van der Waals surface area contributed by atoms with E-state index in [0.717, 1.165) is 63.0 Å².